The third-order valence-corrected chi connectivity index (χ3v) is 3.15. The van der Waals surface area contributed by atoms with Crippen molar-refractivity contribution in [2.45, 2.75) is 26.7 Å². The van der Waals surface area contributed by atoms with E-state index in [4.69, 9.17) is 10.8 Å². The van der Waals surface area contributed by atoms with E-state index >= 15 is 0 Å². The molecule has 0 fully saturated rings. The standard InChI is InChI=1S/C14H22N2O2/c1-3-11(4-2)14(18)16(9-10-17)13-8-6-5-7-12(13)15/h5-8,11,17H,3-4,9-10,15H2,1-2H3. The first-order valence-electron chi connectivity index (χ1n) is 6.42. The maximum absolute atomic E-state index is 12.4. The fraction of sp³-hybridized carbons (Fsp3) is 0.500. The minimum absolute atomic E-state index is 0.0174. The first-order valence-corrected chi connectivity index (χ1v) is 6.42. The number of aliphatic hydroxyl groups is 1. The summed E-state index contributed by atoms with van der Waals surface area (Å²) in [6.45, 7) is 4.21. The van der Waals surface area contributed by atoms with Crippen molar-refractivity contribution in [2.24, 2.45) is 5.92 Å². The van der Waals surface area contributed by atoms with Gasteiger partial charge in [-0.3, -0.25) is 4.79 Å². The maximum atomic E-state index is 12.4. The molecule has 0 spiro atoms. The highest BCUT2D eigenvalue weighted by atomic mass is 16.3. The maximum Gasteiger partial charge on any atom is 0.230 e. The van der Waals surface area contributed by atoms with Crippen LogP contribution in [-0.2, 0) is 4.79 Å². The van der Waals surface area contributed by atoms with Crippen LogP contribution >= 0.6 is 0 Å². The van der Waals surface area contributed by atoms with Gasteiger partial charge in [0.2, 0.25) is 5.91 Å². The van der Waals surface area contributed by atoms with Crippen LogP contribution in [0.5, 0.6) is 0 Å². The van der Waals surface area contributed by atoms with Crippen molar-refractivity contribution in [1.29, 1.82) is 0 Å². The molecule has 0 saturated carbocycles. The number of aliphatic hydroxyl groups excluding tert-OH is 1. The van der Waals surface area contributed by atoms with E-state index < -0.39 is 0 Å². The number of carbonyl (C=O) groups is 1. The third kappa shape index (κ3) is 3.23. The zero-order valence-electron chi connectivity index (χ0n) is 11.1. The molecule has 4 nitrogen and oxygen atoms in total. The average Bonchev–Trinajstić information content (AvgIpc) is 2.38. The lowest BCUT2D eigenvalue weighted by Crippen LogP contribution is -2.38. The highest BCUT2D eigenvalue weighted by molar-refractivity contribution is 5.97. The zero-order valence-corrected chi connectivity index (χ0v) is 11.1. The lowest BCUT2D eigenvalue weighted by Gasteiger charge is -2.27. The number of nitrogen functional groups attached to an aromatic ring is 1. The van der Waals surface area contributed by atoms with Gasteiger partial charge in [-0.05, 0) is 25.0 Å². The smallest absolute Gasteiger partial charge is 0.230 e. The second kappa shape index (κ2) is 7.01. The summed E-state index contributed by atoms with van der Waals surface area (Å²) in [5.74, 6) is 0.0168. The molecular weight excluding hydrogens is 228 g/mol. The summed E-state index contributed by atoms with van der Waals surface area (Å²) in [5, 5.41) is 9.13. The molecule has 0 heterocycles. The molecule has 0 aliphatic rings. The van der Waals surface area contributed by atoms with Crippen LogP contribution in [0.25, 0.3) is 0 Å². The van der Waals surface area contributed by atoms with Gasteiger partial charge in [-0.1, -0.05) is 26.0 Å². The van der Waals surface area contributed by atoms with E-state index in [9.17, 15) is 4.79 Å². The Morgan fingerprint density at radius 3 is 2.44 bits per heavy atom. The van der Waals surface area contributed by atoms with E-state index in [0.717, 1.165) is 12.8 Å². The number of carbonyl (C=O) groups excluding carboxylic acids is 1. The van der Waals surface area contributed by atoms with Gasteiger partial charge in [0.1, 0.15) is 0 Å². The number of rotatable bonds is 6. The second-order valence-corrected chi connectivity index (χ2v) is 4.29. The first kappa shape index (κ1) is 14.5. The quantitative estimate of drug-likeness (QED) is 0.759. The van der Waals surface area contributed by atoms with Crippen LogP contribution in [0.2, 0.25) is 0 Å². The monoisotopic (exact) mass is 250 g/mol. The summed E-state index contributed by atoms with van der Waals surface area (Å²) in [5.41, 5.74) is 7.14. The van der Waals surface area contributed by atoms with E-state index in [2.05, 4.69) is 0 Å². The Hall–Kier alpha value is -1.55. The van der Waals surface area contributed by atoms with Gasteiger partial charge in [0.05, 0.1) is 18.0 Å². The van der Waals surface area contributed by atoms with Gasteiger partial charge in [-0.15, -0.1) is 0 Å². The molecule has 0 saturated heterocycles. The molecule has 0 bridgehead atoms. The van der Waals surface area contributed by atoms with E-state index in [1.54, 1.807) is 11.0 Å². The average molecular weight is 250 g/mol. The van der Waals surface area contributed by atoms with Crippen LogP contribution in [0.15, 0.2) is 24.3 Å². The lowest BCUT2D eigenvalue weighted by atomic mass is 10.0. The number of nitrogens with two attached hydrogens (primary N) is 1. The molecule has 0 aliphatic heterocycles. The van der Waals surface area contributed by atoms with Crippen molar-refractivity contribution in [3.63, 3.8) is 0 Å². The predicted molar refractivity (Wildman–Crippen MR) is 74.4 cm³/mol. The van der Waals surface area contributed by atoms with Crippen molar-refractivity contribution in [2.75, 3.05) is 23.8 Å². The van der Waals surface area contributed by atoms with Crippen molar-refractivity contribution < 1.29 is 9.90 Å². The van der Waals surface area contributed by atoms with Crippen LogP contribution < -0.4 is 10.6 Å². The molecule has 1 amide bonds. The number of para-hydroxylation sites is 2. The zero-order chi connectivity index (χ0) is 13.5. The van der Waals surface area contributed by atoms with Crippen LogP contribution in [-0.4, -0.2) is 24.2 Å². The second-order valence-electron chi connectivity index (χ2n) is 4.29. The van der Waals surface area contributed by atoms with Crippen molar-refractivity contribution in [3.05, 3.63) is 24.3 Å². The summed E-state index contributed by atoms with van der Waals surface area (Å²) >= 11 is 0. The lowest BCUT2D eigenvalue weighted by molar-refractivity contribution is -0.122. The van der Waals surface area contributed by atoms with Crippen molar-refractivity contribution in [3.8, 4) is 0 Å². The molecule has 0 atom stereocenters. The number of nitrogens with zero attached hydrogens (tertiary/aromatic N) is 1. The molecule has 0 aliphatic carbocycles. The fourth-order valence-corrected chi connectivity index (χ4v) is 2.04. The molecule has 1 rings (SSSR count). The van der Waals surface area contributed by atoms with Crippen molar-refractivity contribution >= 4 is 17.3 Å². The van der Waals surface area contributed by atoms with E-state index in [0.29, 0.717) is 11.4 Å². The van der Waals surface area contributed by atoms with Crippen molar-refractivity contribution in [1.82, 2.24) is 0 Å². The van der Waals surface area contributed by atoms with Gasteiger partial charge in [-0.25, -0.2) is 0 Å². The highest BCUT2D eigenvalue weighted by Gasteiger charge is 2.23. The molecule has 3 N–H and O–H groups in total. The largest absolute Gasteiger partial charge is 0.397 e. The topological polar surface area (TPSA) is 66.6 Å². The molecular formula is C14H22N2O2. The van der Waals surface area contributed by atoms with Gasteiger partial charge >= 0.3 is 0 Å². The molecule has 1 aromatic rings. The molecule has 0 unspecified atom stereocenters. The predicted octanol–water partition coefficient (Wildman–Crippen LogP) is 2.03. The molecule has 18 heavy (non-hydrogen) atoms. The van der Waals surface area contributed by atoms with Crippen LogP contribution in [0.1, 0.15) is 26.7 Å². The van der Waals surface area contributed by atoms with Crippen LogP contribution in [0.3, 0.4) is 0 Å². The molecule has 1 aromatic carbocycles. The molecule has 4 heteroatoms. The fourth-order valence-electron chi connectivity index (χ4n) is 2.04. The number of amides is 1. The minimum Gasteiger partial charge on any atom is -0.397 e. The summed E-state index contributed by atoms with van der Waals surface area (Å²) < 4.78 is 0. The Morgan fingerprint density at radius 2 is 1.94 bits per heavy atom. The van der Waals surface area contributed by atoms with Gasteiger partial charge in [-0.2, -0.15) is 0 Å². The Balaban J connectivity index is 3.02. The van der Waals surface area contributed by atoms with Gasteiger partial charge in [0, 0.05) is 12.5 Å². The summed E-state index contributed by atoms with van der Waals surface area (Å²) in [4.78, 5) is 14.0. The third-order valence-electron chi connectivity index (χ3n) is 3.15. The molecule has 0 aromatic heterocycles. The number of hydrogen-bond donors (Lipinski definition) is 2. The summed E-state index contributed by atoms with van der Waals surface area (Å²) in [7, 11) is 0. The number of hydrogen-bond acceptors (Lipinski definition) is 3. The van der Waals surface area contributed by atoms with E-state index in [1.165, 1.54) is 0 Å². The first-order chi connectivity index (χ1) is 8.65. The Kier molecular flexibility index (Phi) is 5.65. The summed E-state index contributed by atoms with van der Waals surface area (Å²) in [6, 6.07) is 7.25. The highest BCUT2D eigenvalue weighted by Crippen LogP contribution is 2.25. The Labute approximate surface area is 108 Å². The number of benzene rings is 1. The Morgan fingerprint density at radius 1 is 1.33 bits per heavy atom. The SMILES string of the molecule is CCC(CC)C(=O)N(CCO)c1ccccc1N. The van der Waals surface area contributed by atoms with Gasteiger partial charge in [0.25, 0.3) is 0 Å². The van der Waals surface area contributed by atoms with Gasteiger partial charge < -0.3 is 15.7 Å². The van der Waals surface area contributed by atoms with Gasteiger partial charge in [0.15, 0.2) is 0 Å². The molecule has 100 valence electrons. The van der Waals surface area contributed by atoms with Crippen LogP contribution in [0, 0.1) is 5.92 Å². The molecule has 0 radical (unpaired) electrons. The van der Waals surface area contributed by atoms with E-state index in [-0.39, 0.29) is 25.0 Å². The van der Waals surface area contributed by atoms with Crippen LogP contribution in [0.4, 0.5) is 11.4 Å². The summed E-state index contributed by atoms with van der Waals surface area (Å²) in [6.07, 6.45) is 1.59. The number of anilines is 2. The Bertz CT molecular complexity index is 389. The van der Waals surface area contributed by atoms with E-state index in [1.807, 2.05) is 32.0 Å². The normalized spacial score (nSPS) is 10.7. The minimum atomic E-state index is -0.0692.